The number of aromatic amines is 1. The number of imidazole rings is 1. The summed E-state index contributed by atoms with van der Waals surface area (Å²) in [5, 5.41) is 20.5. The molecule has 0 unspecified atom stereocenters. The van der Waals surface area contributed by atoms with Crippen LogP contribution in [-0.4, -0.2) is 98.0 Å². The van der Waals surface area contributed by atoms with E-state index in [9.17, 15) is 38.7 Å². The van der Waals surface area contributed by atoms with Crippen molar-refractivity contribution in [1.82, 2.24) is 36.1 Å². The van der Waals surface area contributed by atoms with Crippen molar-refractivity contribution in [3.63, 3.8) is 0 Å². The van der Waals surface area contributed by atoms with Gasteiger partial charge in [0.2, 0.25) is 35.4 Å². The third-order valence-corrected chi connectivity index (χ3v) is 9.73. The molecule has 4 aromatic rings. The Labute approximate surface area is 334 Å². The first-order chi connectivity index (χ1) is 27.8. The molecule has 10 N–H and O–H groups in total. The van der Waals surface area contributed by atoms with Gasteiger partial charge in [-0.15, -0.1) is 0 Å². The van der Waals surface area contributed by atoms with Crippen molar-refractivity contribution >= 4 is 46.9 Å². The molecule has 0 saturated carbocycles. The number of nitrogens with one attached hydrogen (secondary N) is 5. The molecule has 58 heavy (non-hydrogen) atoms. The van der Waals surface area contributed by atoms with Crippen LogP contribution in [0.25, 0.3) is 0 Å². The van der Waals surface area contributed by atoms with E-state index in [0.29, 0.717) is 29.7 Å². The number of hydrogen-bond acceptors (Lipinski definition) is 10. The number of aromatic nitrogens is 2. The van der Waals surface area contributed by atoms with Gasteiger partial charge in [-0.25, -0.2) is 4.98 Å². The fraction of sp³-hybridized carbons (Fsp3) is 0.317. The number of phenolic OH excluding ortho intramolecular Hbond substituents is 1. The molecule has 5 rings (SSSR count). The lowest BCUT2D eigenvalue weighted by molar-refractivity contribution is -0.141. The highest BCUT2D eigenvalue weighted by Gasteiger charge is 2.38. The number of aromatic hydroxyl groups is 1. The maximum absolute atomic E-state index is 14.4. The standard InChI is InChI=1S/C41H47N9O8/c1-24(51)46-32(20-27-22-44-23-45-27)39(56)47-31(18-26-13-15-28(52)16-14-26)38(55)48-33(21-36(53)29-10-5-6-11-30(29)42)40(57)49-34(19-25-8-3-2-4-9-25)41(58)50-17-7-12-35(50)37(43)54/h2-6,8-11,13-16,22-23,31-35,52H,7,12,17-21,42H2,1H3,(H2,43,54)(H,44,45)(H,46,51)(H,47,56)(H,48,55)(H,49,57)/t31-,32-,33-,34-,35-/m0/s1. The first-order valence-corrected chi connectivity index (χ1v) is 18.7. The Bertz CT molecular complexity index is 2090. The zero-order valence-electron chi connectivity index (χ0n) is 31.9. The van der Waals surface area contributed by atoms with E-state index < -0.39 is 77.9 Å². The highest BCUT2D eigenvalue weighted by atomic mass is 16.3. The van der Waals surface area contributed by atoms with Crippen molar-refractivity contribution in [3.05, 3.63) is 114 Å². The Kier molecular flexibility index (Phi) is 14.3. The number of carbonyl (C=O) groups excluding carboxylic acids is 7. The summed E-state index contributed by atoms with van der Waals surface area (Å²) in [5.74, 6) is -4.90. The van der Waals surface area contributed by atoms with Gasteiger partial charge in [-0.3, -0.25) is 33.6 Å². The van der Waals surface area contributed by atoms with Crippen LogP contribution in [0.1, 0.15) is 53.4 Å². The summed E-state index contributed by atoms with van der Waals surface area (Å²) in [5.41, 5.74) is 13.7. The van der Waals surface area contributed by atoms with Gasteiger partial charge in [0, 0.05) is 62.3 Å². The summed E-state index contributed by atoms with van der Waals surface area (Å²) in [6.07, 6.45) is 3.05. The van der Waals surface area contributed by atoms with Gasteiger partial charge in [0.05, 0.1) is 6.33 Å². The number of carbonyl (C=O) groups is 7. The number of H-pyrrole nitrogens is 1. The van der Waals surface area contributed by atoms with E-state index in [2.05, 4.69) is 31.2 Å². The number of nitrogen functional groups attached to an aromatic ring is 1. The molecule has 6 amide bonds. The third kappa shape index (κ3) is 11.5. The van der Waals surface area contributed by atoms with Gasteiger partial charge in [0.25, 0.3) is 0 Å². The molecule has 0 radical (unpaired) electrons. The molecule has 1 aliphatic rings. The molecule has 17 heteroatoms. The second-order valence-electron chi connectivity index (χ2n) is 14.1. The number of hydrogen-bond donors (Lipinski definition) is 8. The van der Waals surface area contributed by atoms with E-state index in [-0.39, 0.29) is 42.8 Å². The lowest BCUT2D eigenvalue weighted by Crippen LogP contribution is -2.60. The predicted molar refractivity (Wildman–Crippen MR) is 211 cm³/mol. The van der Waals surface area contributed by atoms with Gasteiger partial charge in [-0.05, 0) is 48.2 Å². The minimum Gasteiger partial charge on any atom is -0.508 e. The van der Waals surface area contributed by atoms with Crippen molar-refractivity contribution in [2.75, 3.05) is 12.3 Å². The summed E-state index contributed by atoms with van der Waals surface area (Å²) < 4.78 is 0. The normalized spacial score (nSPS) is 15.6. The van der Waals surface area contributed by atoms with Crippen molar-refractivity contribution in [1.29, 1.82) is 0 Å². The van der Waals surface area contributed by atoms with Gasteiger partial charge in [0.15, 0.2) is 5.78 Å². The molecule has 1 saturated heterocycles. The zero-order chi connectivity index (χ0) is 41.8. The molecular formula is C41H47N9O8. The molecule has 304 valence electrons. The first kappa shape index (κ1) is 42.1. The number of anilines is 1. The van der Waals surface area contributed by atoms with E-state index >= 15 is 0 Å². The average Bonchev–Trinajstić information content (AvgIpc) is 3.91. The van der Waals surface area contributed by atoms with Crippen LogP contribution in [0.3, 0.4) is 0 Å². The Morgan fingerprint density at radius 2 is 1.36 bits per heavy atom. The largest absolute Gasteiger partial charge is 0.508 e. The van der Waals surface area contributed by atoms with Crippen molar-refractivity contribution < 1.29 is 38.7 Å². The summed E-state index contributed by atoms with van der Waals surface area (Å²) >= 11 is 0. The number of amides is 6. The maximum atomic E-state index is 14.4. The SMILES string of the molecule is CC(=O)N[C@@H](Cc1cnc[nH]1)C(=O)N[C@@H](Cc1ccc(O)cc1)C(=O)N[C@@H](CC(=O)c1ccccc1N)C(=O)N[C@@H](Cc1ccccc1)C(=O)N1CCC[C@H]1C(N)=O. The van der Waals surface area contributed by atoms with Crippen LogP contribution < -0.4 is 32.7 Å². The van der Waals surface area contributed by atoms with Gasteiger partial charge in [-0.1, -0.05) is 54.6 Å². The minimum absolute atomic E-state index is 0.00144. The monoisotopic (exact) mass is 793 g/mol. The second kappa shape index (κ2) is 19.7. The second-order valence-corrected chi connectivity index (χ2v) is 14.1. The fourth-order valence-corrected chi connectivity index (χ4v) is 6.80. The minimum atomic E-state index is -1.61. The Morgan fingerprint density at radius 1 is 0.776 bits per heavy atom. The van der Waals surface area contributed by atoms with Crippen LogP contribution in [0.4, 0.5) is 5.69 Å². The fourth-order valence-electron chi connectivity index (χ4n) is 6.80. The Balaban J connectivity index is 1.46. The van der Waals surface area contributed by atoms with Gasteiger partial charge < -0.3 is 47.7 Å². The van der Waals surface area contributed by atoms with Crippen LogP contribution in [0, 0.1) is 0 Å². The van der Waals surface area contributed by atoms with E-state index in [4.69, 9.17) is 11.5 Å². The van der Waals surface area contributed by atoms with Crippen LogP contribution in [0.5, 0.6) is 5.75 Å². The number of para-hydroxylation sites is 1. The molecule has 0 aliphatic carbocycles. The van der Waals surface area contributed by atoms with Crippen LogP contribution >= 0.6 is 0 Å². The highest BCUT2D eigenvalue weighted by Crippen LogP contribution is 2.20. The number of nitrogens with zero attached hydrogens (tertiary/aromatic N) is 2. The van der Waals surface area contributed by atoms with E-state index in [1.165, 1.54) is 48.6 Å². The Hall–Kier alpha value is -7.04. The number of ketones is 1. The molecule has 1 aliphatic heterocycles. The van der Waals surface area contributed by atoms with E-state index in [0.717, 1.165) is 0 Å². The van der Waals surface area contributed by atoms with Crippen LogP contribution in [0.2, 0.25) is 0 Å². The van der Waals surface area contributed by atoms with Crippen molar-refractivity contribution in [2.45, 2.75) is 75.7 Å². The first-order valence-electron chi connectivity index (χ1n) is 18.7. The van der Waals surface area contributed by atoms with Gasteiger partial charge >= 0.3 is 0 Å². The Morgan fingerprint density at radius 3 is 2.00 bits per heavy atom. The van der Waals surface area contributed by atoms with Crippen molar-refractivity contribution in [3.8, 4) is 5.75 Å². The summed E-state index contributed by atoms with van der Waals surface area (Å²) in [7, 11) is 0. The number of benzene rings is 3. The lowest BCUT2D eigenvalue weighted by Gasteiger charge is -2.30. The van der Waals surface area contributed by atoms with E-state index in [1.807, 2.05) is 0 Å². The van der Waals surface area contributed by atoms with E-state index in [1.54, 1.807) is 54.6 Å². The highest BCUT2D eigenvalue weighted by molar-refractivity contribution is 6.05. The van der Waals surface area contributed by atoms with Crippen molar-refractivity contribution in [2.24, 2.45) is 5.73 Å². The average molecular weight is 794 g/mol. The summed E-state index contributed by atoms with van der Waals surface area (Å²) in [6, 6.07) is 14.7. The van der Waals surface area contributed by atoms with Gasteiger partial charge in [0.1, 0.15) is 36.0 Å². The number of primary amides is 1. The molecule has 5 atom stereocenters. The topological polar surface area (TPSA) is 272 Å². The molecule has 3 aromatic carbocycles. The molecule has 0 bridgehead atoms. The molecular weight excluding hydrogens is 747 g/mol. The predicted octanol–water partition coefficient (Wildman–Crippen LogP) is 0.434. The number of likely N-dealkylation sites (tertiary alicyclic amines) is 1. The summed E-state index contributed by atoms with van der Waals surface area (Å²) in [6.45, 7) is 1.47. The molecule has 1 aromatic heterocycles. The van der Waals surface area contributed by atoms with Crippen LogP contribution in [0.15, 0.2) is 91.4 Å². The number of nitrogens with two attached hydrogens (primary N) is 2. The number of Topliss-reactive ketones (excluding diaryl/α,β-unsaturated/α-hetero) is 1. The summed E-state index contributed by atoms with van der Waals surface area (Å²) in [4.78, 5) is 103. The molecule has 17 nitrogen and oxygen atoms in total. The van der Waals surface area contributed by atoms with Gasteiger partial charge in [-0.2, -0.15) is 0 Å². The van der Waals surface area contributed by atoms with Crippen LogP contribution in [-0.2, 0) is 48.0 Å². The quantitative estimate of drug-likeness (QED) is 0.0509. The molecule has 1 fully saturated rings. The lowest BCUT2D eigenvalue weighted by atomic mass is 9.99. The molecule has 2 heterocycles. The zero-order valence-corrected chi connectivity index (χ0v) is 31.9. The smallest absolute Gasteiger partial charge is 0.246 e. The maximum Gasteiger partial charge on any atom is 0.246 e. The third-order valence-electron chi connectivity index (χ3n) is 9.73. The number of rotatable bonds is 18. The molecule has 0 spiro atoms. The number of phenols is 1.